The van der Waals surface area contributed by atoms with Crippen LogP contribution in [0.3, 0.4) is 0 Å². The molecule has 0 unspecified atom stereocenters. The fourth-order valence-corrected chi connectivity index (χ4v) is 2.22. The van der Waals surface area contributed by atoms with Gasteiger partial charge in [0.15, 0.2) is 0 Å². The fourth-order valence-electron chi connectivity index (χ4n) is 1.71. The van der Waals surface area contributed by atoms with Crippen molar-refractivity contribution < 1.29 is 9.13 Å². The Hall–Kier alpha value is -1.25. The van der Waals surface area contributed by atoms with Crippen LogP contribution in [0, 0.1) is 6.92 Å². The minimum absolute atomic E-state index is 0.515. The van der Waals surface area contributed by atoms with E-state index in [9.17, 15) is 4.39 Å². The maximum atomic E-state index is 12.3. The van der Waals surface area contributed by atoms with Crippen LogP contribution in [0.1, 0.15) is 5.56 Å². The van der Waals surface area contributed by atoms with Crippen LogP contribution in [-0.2, 0) is 0 Å². The molecular weight excluding hydrogens is 274 g/mol. The quantitative estimate of drug-likeness (QED) is 0.746. The highest BCUT2D eigenvalue weighted by Gasteiger charge is 2.07. The molecule has 0 saturated carbocycles. The topological polar surface area (TPSA) is 9.23 Å². The van der Waals surface area contributed by atoms with Gasteiger partial charge in [0.25, 0.3) is 0 Å². The minimum atomic E-state index is -0.849. The van der Waals surface area contributed by atoms with Crippen LogP contribution in [0.15, 0.2) is 36.4 Å². The lowest BCUT2D eigenvalue weighted by Crippen LogP contribution is -1.93. The lowest BCUT2D eigenvalue weighted by Gasteiger charge is -2.10. The van der Waals surface area contributed by atoms with Crippen LogP contribution >= 0.6 is 23.2 Å². The highest BCUT2D eigenvalue weighted by Crippen LogP contribution is 2.33. The summed E-state index contributed by atoms with van der Waals surface area (Å²) in [6, 6.07) is 10.8. The second kappa shape index (κ2) is 5.59. The van der Waals surface area contributed by atoms with Crippen molar-refractivity contribution in [2.45, 2.75) is 6.92 Å². The number of alkyl halides is 1. The van der Waals surface area contributed by atoms with Crippen molar-refractivity contribution in [3.8, 4) is 16.9 Å². The molecule has 0 heterocycles. The SMILES string of the molecule is Cc1ccc(-c2ccc(Cl)cc2Cl)cc1OCF. The third kappa shape index (κ3) is 2.77. The van der Waals surface area contributed by atoms with Gasteiger partial charge in [0, 0.05) is 15.6 Å². The van der Waals surface area contributed by atoms with Gasteiger partial charge >= 0.3 is 0 Å². The molecule has 0 aromatic heterocycles. The number of hydrogen-bond acceptors (Lipinski definition) is 1. The summed E-state index contributed by atoms with van der Waals surface area (Å²) in [6.45, 7) is 1.01. The molecule has 2 aromatic carbocycles. The van der Waals surface area contributed by atoms with E-state index in [4.69, 9.17) is 27.9 Å². The van der Waals surface area contributed by atoms with E-state index in [1.807, 2.05) is 25.1 Å². The second-order valence-corrected chi connectivity index (χ2v) is 4.70. The first-order chi connectivity index (χ1) is 8.61. The first-order valence-corrected chi connectivity index (χ1v) is 6.12. The monoisotopic (exact) mass is 284 g/mol. The van der Waals surface area contributed by atoms with Crippen molar-refractivity contribution in [1.29, 1.82) is 0 Å². The van der Waals surface area contributed by atoms with Crippen LogP contribution in [0.5, 0.6) is 5.75 Å². The van der Waals surface area contributed by atoms with Crippen LogP contribution < -0.4 is 4.74 Å². The molecule has 2 aromatic rings. The zero-order chi connectivity index (χ0) is 13.1. The molecule has 0 aliphatic heterocycles. The molecule has 0 amide bonds. The Labute approximate surface area is 115 Å². The van der Waals surface area contributed by atoms with Gasteiger partial charge in [-0.2, -0.15) is 0 Å². The van der Waals surface area contributed by atoms with Crippen LogP contribution in [-0.4, -0.2) is 6.86 Å². The van der Waals surface area contributed by atoms with Gasteiger partial charge in [-0.3, -0.25) is 0 Å². The molecule has 0 fully saturated rings. The van der Waals surface area contributed by atoms with E-state index in [0.717, 1.165) is 16.7 Å². The summed E-state index contributed by atoms with van der Waals surface area (Å²) >= 11 is 12.0. The Bertz CT molecular complexity index is 570. The molecule has 18 heavy (non-hydrogen) atoms. The molecular formula is C14H11Cl2FO. The van der Waals surface area contributed by atoms with Gasteiger partial charge in [-0.05, 0) is 36.2 Å². The lowest BCUT2D eigenvalue weighted by atomic mass is 10.0. The van der Waals surface area contributed by atoms with E-state index < -0.39 is 6.86 Å². The van der Waals surface area contributed by atoms with Gasteiger partial charge in [0.05, 0.1) is 0 Å². The molecule has 0 aliphatic rings. The maximum Gasteiger partial charge on any atom is 0.228 e. The Kier molecular flexibility index (Phi) is 4.10. The number of rotatable bonds is 3. The van der Waals surface area contributed by atoms with Crippen molar-refractivity contribution in [3.05, 3.63) is 52.0 Å². The van der Waals surface area contributed by atoms with Gasteiger partial charge in [0.2, 0.25) is 6.86 Å². The zero-order valence-corrected chi connectivity index (χ0v) is 11.2. The van der Waals surface area contributed by atoms with Crippen molar-refractivity contribution in [1.82, 2.24) is 0 Å². The molecule has 0 radical (unpaired) electrons. The third-order valence-electron chi connectivity index (χ3n) is 2.64. The number of hydrogen-bond donors (Lipinski definition) is 0. The fraction of sp³-hybridized carbons (Fsp3) is 0.143. The number of ether oxygens (including phenoxy) is 1. The van der Waals surface area contributed by atoms with Crippen molar-refractivity contribution in [3.63, 3.8) is 0 Å². The Morgan fingerprint density at radius 1 is 1.11 bits per heavy atom. The second-order valence-electron chi connectivity index (χ2n) is 3.86. The minimum Gasteiger partial charge on any atom is -0.463 e. The first kappa shape index (κ1) is 13.2. The van der Waals surface area contributed by atoms with Gasteiger partial charge in [-0.25, -0.2) is 4.39 Å². The number of halogens is 3. The summed E-state index contributed by atoms with van der Waals surface area (Å²) in [6.07, 6.45) is 0. The molecule has 0 spiro atoms. The molecule has 94 valence electrons. The summed E-state index contributed by atoms with van der Waals surface area (Å²) < 4.78 is 17.2. The Balaban J connectivity index is 2.47. The van der Waals surface area contributed by atoms with E-state index >= 15 is 0 Å². The van der Waals surface area contributed by atoms with E-state index in [1.54, 1.807) is 18.2 Å². The molecule has 0 aliphatic carbocycles. The maximum absolute atomic E-state index is 12.3. The van der Waals surface area contributed by atoms with E-state index in [0.29, 0.717) is 15.8 Å². The number of aryl methyl sites for hydroxylation is 1. The molecule has 0 bridgehead atoms. The summed E-state index contributed by atoms with van der Waals surface area (Å²) in [5.74, 6) is 0.515. The molecule has 0 atom stereocenters. The molecule has 4 heteroatoms. The molecule has 0 N–H and O–H groups in total. The van der Waals surface area contributed by atoms with E-state index in [-0.39, 0.29) is 0 Å². The largest absolute Gasteiger partial charge is 0.463 e. The van der Waals surface area contributed by atoms with Crippen molar-refractivity contribution in [2.75, 3.05) is 6.86 Å². The molecule has 2 rings (SSSR count). The molecule has 1 nitrogen and oxygen atoms in total. The van der Waals surface area contributed by atoms with Crippen LogP contribution in [0.2, 0.25) is 10.0 Å². The van der Waals surface area contributed by atoms with Gasteiger partial charge < -0.3 is 4.74 Å². The summed E-state index contributed by atoms with van der Waals surface area (Å²) in [4.78, 5) is 0. The standard InChI is InChI=1S/C14H11Cl2FO/c1-9-2-3-10(6-14(9)18-8-17)12-5-4-11(15)7-13(12)16/h2-7H,8H2,1H3. The van der Waals surface area contributed by atoms with E-state index in [2.05, 4.69) is 0 Å². The van der Waals surface area contributed by atoms with Gasteiger partial charge in [0.1, 0.15) is 5.75 Å². The highest BCUT2D eigenvalue weighted by atomic mass is 35.5. The predicted molar refractivity (Wildman–Crippen MR) is 73.2 cm³/mol. The first-order valence-electron chi connectivity index (χ1n) is 5.36. The average molecular weight is 285 g/mol. The smallest absolute Gasteiger partial charge is 0.228 e. The predicted octanol–water partition coefficient (Wildman–Crippen LogP) is 5.27. The Morgan fingerprint density at radius 2 is 1.89 bits per heavy atom. The van der Waals surface area contributed by atoms with Gasteiger partial charge in [-0.1, -0.05) is 41.4 Å². The summed E-state index contributed by atoms with van der Waals surface area (Å²) in [5, 5.41) is 1.13. The third-order valence-corrected chi connectivity index (χ3v) is 3.19. The van der Waals surface area contributed by atoms with Gasteiger partial charge in [-0.15, -0.1) is 0 Å². The van der Waals surface area contributed by atoms with Crippen molar-refractivity contribution >= 4 is 23.2 Å². The van der Waals surface area contributed by atoms with Crippen LogP contribution in [0.25, 0.3) is 11.1 Å². The normalized spacial score (nSPS) is 10.4. The summed E-state index contributed by atoms with van der Waals surface area (Å²) in [5.41, 5.74) is 2.58. The van der Waals surface area contributed by atoms with Crippen molar-refractivity contribution in [2.24, 2.45) is 0 Å². The van der Waals surface area contributed by atoms with Crippen LogP contribution in [0.4, 0.5) is 4.39 Å². The summed E-state index contributed by atoms with van der Waals surface area (Å²) in [7, 11) is 0. The highest BCUT2D eigenvalue weighted by molar-refractivity contribution is 6.36. The average Bonchev–Trinajstić information content (AvgIpc) is 2.33. The molecule has 0 saturated heterocycles. The van der Waals surface area contributed by atoms with E-state index in [1.165, 1.54) is 0 Å². The number of benzene rings is 2. The Morgan fingerprint density at radius 3 is 2.56 bits per heavy atom. The zero-order valence-electron chi connectivity index (χ0n) is 9.71. The lowest BCUT2D eigenvalue weighted by molar-refractivity contribution is 0.190.